The second-order valence-corrected chi connectivity index (χ2v) is 8.08. The van der Waals surface area contributed by atoms with Crippen molar-refractivity contribution in [3.63, 3.8) is 0 Å². The predicted octanol–water partition coefficient (Wildman–Crippen LogP) is 6.71. The number of carbonyl (C=O) groups is 1. The first-order valence-corrected chi connectivity index (χ1v) is 9.68. The molecule has 1 fully saturated rings. The first-order chi connectivity index (χ1) is 10.5. The van der Waals surface area contributed by atoms with E-state index in [1.807, 2.05) is 6.08 Å². The zero-order valence-corrected chi connectivity index (χ0v) is 15.5. The molecule has 1 nitrogen and oxygen atoms in total. The van der Waals surface area contributed by atoms with Crippen molar-refractivity contribution in [3.8, 4) is 0 Å². The van der Waals surface area contributed by atoms with Crippen LogP contribution in [0, 0.1) is 17.3 Å². The molecule has 2 atom stereocenters. The van der Waals surface area contributed by atoms with E-state index in [9.17, 15) is 4.79 Å². The summed E-state index contributed by atoms with van der Waals surface area (Å²) >= 11 is 0. The van der Waals surface area contributed by atoms with Crippen LogP contribution in [0.4, 0.5) is 0 Å². The summed E-state index contributed by atoms with van der Waals surface area (Å²) in [6.45, 7) is 9.31. The maximum absolute atomic E-state index is 12.1. The van der Waals surface area contributed by atoms with E-state index in [1.54, 1.807) is 0 Å². The number of unbranched alkanes of at least 4 members (excludes halogenated alkanes) is 6. The predicted molar refractivity (Wildman–Crippen MR) is 97.0 cm³/mol. The Morgan fingerprint density at radius 2 is 1.73 bits per heavy atom. The molecule has 2 unspecified atom stereocenters. The molecule has 0 N–H and O–H groups in total. The lowest BCUT2D eigenvalue weighted by atomic mass is 9.64. The van der Waals surface area contributed by atoms with Gasteiger partial charge in [-0.05, 0) is 36.2 Å². The fourth-order valence-corrected chi connectivity index (χ4v) is 4.00. The third-order valence-corrected chi connectivity index (χ3v) is 5.51. The molecule has 0 aromatic carbocycles. The molecule has 128 valence electrons. The van der Waals surface area contributed by atoms with Gasteiger partial charge in [-0.15, -0.1) is 0 Å². The van der Waals surface area contributed by atoms with Crippen LogP contribution in [0.3, 0.4) is 0 Å². The van der Waals surface area contributed by atoms with Gasteiger partial charge in [0.2, 0.25) is 0 Å². The lowest BCUT2D eigenvalue weighted by molar-refractivity contribution is -0.114. The monoisotopic (exact) mass is 306 g/mol. The van der Waals surface area contributed by atoms with Gasteiger partial charge >= 0.3 is 0 Å². The van der Waals surface area contributed by atoms with Gasteiger partial charge in [0, 0.05) is 6.42 Å². The van der Waals surface area contributed by atoms with E-state index in [2.05, 4.69) is 33.8 Å². The van der Waals surface area contributed by atoms with Crippen molar-refractivity contribution in [1.29, 1.82) is 0 Å². The third-order valence-electron chi connectivity index (χ3n) is 5.51. The zero-order chi connectivity index (χ0) is 16.4. The molecule has 0 aromatic heterocycles. The summed E-state index contributed by atoms with van der Waals surface area (Å²) in [7, 11) is 0. The van der Waals surface area contributed by atoms with Crippen LogP contribution in [0.15, 0.2) is 12.2 Å². The lowest BCUT2D eigenvalue weighted by Gasteiger charge is -2.41. The Labute approximate surface area is 139 Å². The lowest BCUT2D eigenvalue weighted by Crippen LogP contribution is -2.32. The third kappa shape index (κ3) is 7.11. The van der Waals surface area contributed by atoms with Crippen molar-refractivity contribution >= 4 is 5.78 Å². The highest BCUT2D eigenvalue weighted by Gasteiger charge is 2.34. The molecule has 0 amide bonds. The smallest absolute Gasteiger partial charge is 0.155 e. The quantitative estimate of drug-likeness (QED) is 0.323. The fourth-order valence-electron chi connectivity index (χ4n) is 4.00. The van der Waals surface area contributed by atoms with Gasteiger partial charge in [0.15, 0.2) is 5.78 Å². The number of rotatable bonds is 10. The highest BCUT2D eigenvalue weighted by Crippen LogP contribution is 2.44. The zero-order valence-electron chi connectivity index (χ0n) is 15.5. The maximum Gasteiger partial charge on any atom is 0.155 e. The van der Waals surface area contributed by atoms with E-state index in [0.29, 0.717) is 23.0 Å². The van der Waals surface area contributed by atoms with Gasteiger partial charge in [0.1, 0.15) is 0 Å². The van der Waals surface area contributed by atoms with E-state index in [-0.39, 0.29) is 0 Å². The number of ketones is 1. The summed E-state index contributed by atoms with van der Waals surface area (Å²) in [4.78, 5) is 12.1. The second kappa shape index (κ2) is 10.2. The van der Waals surface area contributed by atoms with E-state index in [4.69, 9.17) is 0 Å². The summed E-state index contributed by atoms with van der Waals surface area (Å²) in [6, 6.07) is 0. The Morgan fingerprint density at radius 3 is 2.36 bits per heavy atom. The minimum Gasteiger partial charge on any atom is -0.295 e. The van der Waals surface area contributed by atoms with Crippen molar-refractivity contribution < 1.29 is 4.79 Å². The van der Waals surface area contributed by atoms with Crippen LogP contribution < -0.4 is 0 Å². The van der Waals surface area contributed by atoms with Gasteiger partial charge in [-0.3, -0.25) is 4.79 Å². The first kappa shape index (κ1) is 19.5. The minimum atomic E-state index is 0.335. The molecular weight excluding hydrogens is 268 g/mol. The van der Waals surface area contributed by atoms with E-state index in [1.165, 1.54) is 57.8 Å². The molecule has 0 bridgehead atoms. The Morgan fingerprint density at radius 1 is 1.09 bits per heavy atom. The van der Waals surface area contributed by atoms with Crippen LogP contribution >= 0.6 is 0 Å². The highest BCUT2D eigenvalue weighted by molar-refractivity contribution is 5.89. The Hall–Kier alpha value is -0.590. The van der Waals surface area contributed by atoms with Crippen LogP contribution in [0.5, 0.6) is 0 Å². The molecule has 0 radical (unpaired) electrons. The molecule has 0 aromatic rings. The van der Waals surface area contributed by atoms with Crippen molar-refractivity contribution in [1.82, 2.24) is 0 Å². The SMILES string of the molecule is CCCCCCCCCC(=O)C=CC1C(C)CCCC1(C)C. The average Bonchev–Trinajstić information content (AvgIpc) is 2.45. The fraction of sp³-hybridized carbons (Fsp3) is 0.857. The van der Waals surface area contributed by atoms with Crippen LogP contribution in [0.2, 0.25) is 0 Å². The topological polar surface area (TPSA) is 17.1 Å². The van der Waals surface area contributed by atoms with Gasteiger partial charge in [0.05, 0.1) is 0 Å². The summed E-state index contributed by atoms with van der Waals surface area (Å²) in [6.07, 6.45) is 17.7. The average molecular weight is 307 g/mol. The van der Waals surface area contributed by atoms with Gasteiger partial charge in [0.25, 0.3) is 0 Å². The van der Waals surface area contributed by atoms with Crippen LogP contribution in [0.1, 0.15) is 98.3 Å². The highest BCUT2D eigenvalue weighted by atomic mass is 16.1. The normalized spacial score (nSPS) is 24.7. The van der Waals surface area contributed by atoms with Gasteiger partial charge < -0.3 is 0 Å². The molecule has 1 aliphatic rings. The number of hydrogen-bond donors (Lipinski definition) is 0. The summed E-state index contributed by atoms with van der Waals surface area (Å²) in [5.74, 6) is 1.62. The summed E-state index contributed by atoms with van der Waals surface area (Å²) < 4.78 is 0. The molecular formula is C21H38O. The Kier molecular flexibility index (Phi) is 9.05. The van der Waals surface area contributed by atoms with Crippen LogP contribution in [-0.4, -0.2) is 5.78 Å². The Balaban J connectivity index is 2.23. The Bertz CT molecular complexity index is 340. The molecule has 1 aliphatic carbocycles. The van der Waals surface area contributed by atoms with E-state index < -0.39 is 0 Å². The number of allylic oxidation sites excluding steroid dienone is 2. The van der Waals surface area contributed by atoms with Gasteiger partial charge in [-0.2, -0.15) is 0 Å². The molecule has 0 spiro atoms. The molecule has 1 heteroatoms. The van der Waals surface area contributed by atoms with Crippen molar-refractivity contribution in [2.75, 3.05) is 0 Å². The molecule has 1 saturated carbocycles. The largest absolute Gasteiger partial charge is 0.295 e. The number of hydrogen-bond acceptors (Lipinski definition) is 1. The molecule has 0 aliphatic heterocycles. The van der Waals surface area contributed by atoms with Crippen LogP contribution in [-0.2, 0) is 4.79 Å². The van der Waals surface area contributed by atoms with Gasteiger partial charge in [-0.1, -0.05) is 85.1 Å². The maximum atomic E-state index is 12.1. The van der Waals surface area contributed by atoms with E-state index >= 15 is 0 Å². The van der Waals surface area contributed by atoms with Crippen LogP contribution in [0.25, 0.3) is 0 Å². The van der Waals surface area contributed by atoms with Gasteiger partial charge in [-0.25, -0.2) is 0 Å². The van der Waals surface area contributed by atoms with Crippen molar-refractivity contribution in [3.05, 3.63) is 12.2 Å². The van der Waals surface area contributed by atoms with Crippen molar-refractivity contribution in [2.45, 2.75) is 98.3 Å². The molecule has 0 heterocycles. The minimum absolute atomic E-state index is 0.335. The molecule has 22 heavy (non-hydrogen) atoms. The molecule has 0 saturated heterocycles. The second-order valence-electron chi connectivity index (χ2n) is 8.08. The van der Waals surface area contributed by atoms with E-state index in [0.717, 1.165) is 12.8 Å². The summed E-state index contributed by atoms with van der Waals surface area (Å²) in [5, 5.41) is 0. The standard InChI is InChI=1S/C21H38O/c1-5-6-7-8-9-10-11-14-19(22)15-16-20-18(2)13-12-17-21(20,3)4/h15-16,18,20H,5-14,17H2,1-4H3. The molecule has 1 rings (SSSR count). The first-order valence-electron chi connectivity index (χ1n) is 9.68. The number of carbonyl (C=O) groups excluding carboxylic acids is 1. The van der Waals surface area contributed by atoms with Crippen molar-refractivity contribution in [2.24, 2.45) is 17.3 Å². The summed E-state index contributed by atoms with van der Waals surface area (Å²) in [5.41, 5.74) is 0.355.